The third-order valence-corrected chi connectivity index (χ3v) is 5.08. The van der Waals surface area contributed by atoms with Gasteiger partial charge in [-0.1, -0.05) is 66.7 Å². The first-order valence-electron chi connectivity index (χ1n) is 9.51. The summed E-state index contributed by atoms with van der Waals surface area (Å²) in [5.74, 6) is 0.0636. The molecule has 1 N–H and O–H groups in total. The number of aryl methyl sites for hydroxylation is 1. The number of pyridine rings is 1. The van der Waals surface area contributed by atoms with Gasteiger partial charge in [-0.05, 0) is 30.2 Å². The topological polar surface area (TPSA) is 46.4 Å². The number of nitrogens with zero attached hydrogens (tertiary/aromatic N) is 2. The van der Waals surface area contributed by atoms with Crippen molar-refractivity contribution in [2.75, 3.05) is 0 Å². The molecular formula is C24H23N3O. The number of nitrogens with one attached hydrogen (secondary N) is 1. The number of rotatable bonds is 6. The minimum absolute atomic E-state index is 0.0305. The van der Waals surface area contributed by atoms with Crippen LogP contribution in [0.2, 0.25) is 0 Å². The van der Waals surface area contributed by atoms with Gasteiger partial charge in [0.05, 0.1) is 17.9 Å². The molecule has 140 valence electrons. The molecule has 0 aliphatic carbocycles. The van der Waals surface area contributed by atoms with Gasteiger partial charge in [-0.3, -0.25) is 4.79 Å². The van der Waals surface area contributed by atoms with E-state index in [1.165, 1.54) is 0 Å². The first-order chi connectivity index (χ1) is 13.7. The lowest BCUT2D eigenvalue weighted by atomic mass is 9.88. The number of hydrogen-bond acceptors (Lipinski definition) is 2. The van der Waals surface area contributed by atoms with E-state index in [1.807, 2.05) is 72.1 Å². The van der Waals surface area contributed by atoms with Crippen LogP contribution in [-0.2, 0) is 11.3 Å². The van der Waals surface area contributed by atoms with Crippen molar-refractivity contribution < 1.29 is 4.79 Å². The third-order valence-electron chi connectivity index (χ3n) is 5.08. The van der Waals surface area contributed by atoms with Crippen LogP contribution >= 0.6 is 0 Å². The predicted molar refractivity (Wildman–Crippen MR) is 111 cm³/mol. The molecule has 0 radical (unpaired) electrons. The molecular weight excluding hydrogens is 346 g/mol. The summed E-state index contributed by atoms with van der Waals surface area (Å²) >= 11 is 0. The molecule has 2 aromatic carbocycles. The van der Waals surface area contributed by atoms with E-state index in [9.17, 15) is 4.79 Å². The zero-order valence-electron chi connectivity index (χ0n) is 15.9. The van der Waals surface area contributed by atoms with Crippen LogP contribution < -0.4 is 5.32 Å². The van der Waals surface area contributed by atoms with Gasteiger partial charge in [0.1, 0.15) is 5.65 Å². The highest BCUT2D eigenvalue weighted by Gasteiger charge is 2.18. The Morgan fingerprint density at radius 3 is 2.18 bits per heavy atom. The molecule has 0 saturated heterocycles. The van der Waals surface area contributed by atoms with Gasteiger partial charge in [0, 0.05) is 18.5 Å². The molecule has 0 spiro atoms. The number of carbonyl (C=O) groups is 1. The summed E-state index contributed by atoms with van der Waals surface area (Å²) in [5.41, 5.74) is 5.15. The van der Waals surface area contributed by atoms with E-state index in [0.29, 0.717) is 13.0 Å². The van der Waals surface area contributed by atoms with Crippen LogP contribution in [0.1, 0.15) is 34.9 Å². The van der Waals surface area contributed by atoms with Crippen molar-refractivity contribution in [3.8, 4) is 0 Å². The van der Waals surface area contributed by atoms with E-state index in [2.05, 4.69) is 34.6 Å². The smallest absolute Gasteiger partial charge is 0.221 e. The molecule has 1 amide bonds. The lowest BCUT2D eigenvalue weighted by molar-refractivity contribution is -0.121. The van der Waals surface area contributed by atoms with Crippen molar-refractivity contribution in [2.24, 2.45) is 0 Å². The van der Waals surface area contributed by atoms with Crippen molar-refractivity contribution in [1.82, 2.24) is 14.7 Å². The summed E-state index contributed by atoms with van der Waals surface area (Å²) in [6, 6.07) is 26.3. The molecule has 4 rings (SSSR count). The highest BCUT2D eigenvalue weighted by Crippen LogP contribution is 2.27. The minimum Gasteiger partial charge on any atom is -0.350 e. The molecule has 0 saturated carbocycles. The SMILES string of the molecule is Cc1nc2ccccn2c1CNC(=O)CC(c1ccccc1)c1ccccc1. The van der Waals surface area contributed by atoms with Crippen LogP contribution in [0.3, 0.4) is 0 Å². The normalized spacial score (nSPS) is 11.1. The van der Waals surface area contributed by atoms with Gasteiger partial charge in [0.25, 0.3) is 0 Å². The highest BCUT2D eigenvalue weighted by molar-refractivity contribution is 5.77. The molecule has 28 heavy (non-hydrogen) atoms. The molecule has 4 aromatic rings. The molecule has 0 aliphatic rings. The lowest BCUT2D eigenvalue weighted by Gasteiger charge is -2.18. The number of hydrogen-bond donors (Lipinski definition) is 1. The fourth-order valence-corrected chi connectivity index (χ4v) is 3.62. The maximum atomic E-state index is 12.8. The van der Waals surface area contributed by atoms with Crippen LogP contribution in [0.25, 0.3) is 5.65 Å². The maximum absolute atomic E-state index is 12.8. The largest absolute Gasteiger partial charge is 0.350 e. The fraction of sp³-hybridized carbons (Fsp3) is 0.167. The zero-order valence-corrected chi connectivity index (χ0v) is 15.9. The Balaban J connectivity index is 1.51. The second kappa shape index (κ2) is 8.09. The summed E-state index contributed by atoms with van der Waals surface area (Å²) in [6.07, 6.45) is 2.39. The average molecular weight is 369 g/mol. The summed E-state index contributed by atoms with van der Waals surface area (Å²) in [5, 5.41) is 3.09. The van der Waals surface area contributed by atoms with Crippen LogP contribution in [-0.4, -0.2) is 15.3 Å². The quantitative estimate of drug-likeness (QED) is 0.545. The average Bonchev–Trinajstić information content (AvgIpc) is 3.06. The lowest BCUT2D eigenvalue weighted by Crippen LogP contribution is -2.26. The Bertz CT molecular complexity index is 1030. The van der Waals surface area contributed by atoms with Crippen LogP contribution in [0.15, 0.2) is 85.1 Å². The number of aromatic nitrogens is 2. The molecule has 2 aromatic heterocycles. The standard InChI is InChI=1S/C24H23N3O/c1-18-22(27-15-9-8-14-23(27)26-18)17-25-24(28)16-21(19-10-4-2-5-11-19)20-12-6-3-7-13-20/h2-15,21H,16-17H2,1H3,(H,25,28). The van der Waals surface area contributed by atoms with Crippen LogP contribution in [0.5, 0.6) is 0 Å². The summed E-state index contributed by atoms with van der Waals surface area (Å²) in [6.45, 7) is 2.44. The third kappa shape index (κ3) is 3.81. The number of imidazole rings is 1. The van der Waals surface area contributed by atoms with E-state index in [0.717, 1.165) is 28.2 Å². The molecule has 2 heterocycles. The van der Waals surface area contributed by atoms with E-state index >= 15 is 0 Å². The zero-order chi connectivity index (χ0) is 19.3. The number of amides is 1. The molecule has 0 bridgehead atoms. The minimum atomic E-state index is 0.0305. The van der Waals surface area contributed by atoms with Crippen LogP contribution in [0.4, 0.5) is 0 Å². The molecule has 0 atom stereocenters. The summed E-state index contributed by atoms with van der Waals surface area (Å²) in [7, 11) is 0. The van der Waals surface area contributed by atoms with E-state index < -0.39 is 0 Å². The van der Waals surface area contributed by atoms with Crippen LogP contribution in [0, 0.1) is 6.92 Å². The van der Waals surface area contributed by atoms with Crippen molar-refractivity contribution in [3.63, 3.8) is 0 Å². The number of benzene rings is 2. The maximum Gasteiger partial charge on any atom is 0.221 e. The Morgan fingerprint density at radius 2 is 1.54 bits per heavy atom. The molecule has 0 aliphatic heterocycles. The van der Waals surface area contributed by atoms with Gasteiger partial charge < -0.3 is 9.72 Å². The summed E-state index contributed by atoms with van der Waals surface area (Å²) < 4.78 is 2.03. The van der Waals surface area contributed by atoms with Gasteiger partial charge in [-0.15, -0.1) is 0 Å². The van der Waals surface area contributed by atoms with Gasteiger partial charge >= 0.3 is 0 Å². The Kier molecular flexibility index (Phi) is 5.20. The van der Waals surface area contributed by atoms with Gasteiger partial charge in [0.2, 0.25) is 5.91 Å². The van der Waals surface area contributed by atoms with Crippen molar-refractivity contribution in [2.45, 2.75) is 25.8 Å². The van der Waals surface area contributed by atoms with Gasteiger partial charge in [-0.2, -0.15) is 0 Å². The van der Waals surface area contributed by atoms with E-state index in [1.54, 1.807) is 0 Å². The van der Waals surface area contributed by atoms with Crippen molar-refractivity contribution in [3.05, 3.63) is 108 Å². The Hall–Kier alpha value is -3.40. The highest BCUT2D eigenvalue weighted by atomic mass is 16.1. The summed E-state index contributed by atoms with van der Waals surface area (Å²) in [4.78, 5) is 17.4. The molecule has 4 nitrogen and oxygen atoms in total. The molecule has 0 fully saturated rings. The second-order valence-corrected chi connectivity index (χ2v) is 6.93. The molecule has 4 heteroatoms. The fourth-order valence-electron chi connectivity index (χ4n) is 3.62. The van der Waals surface area contributed by atoms with Gasteiger partial charge in [-0.25, -0.2) is 4.98 Å². The second-order valence-electron chi connectivity index (χ2n) is 6.93. The monoisotopic (exact) mass is 369 g/mol. The van der Waals surface area contributed by atoms with E-state index in [-0.39, 0.29) is 11.8 Å². The number of carbonyl (C=O) groups excluding carboxylic acids is 1. The predicted octanol–water partition coefficient (Wildman–Crippen LogP) is 4.48. The Morgan fingerprint density at radius 1 is 0.929 bits per heavy atom. The molecule has 0 unspecified atom stereocenters. The first-order valence-corrected chi connectivity index (χ1v) is 9.51. The number of fused-ring (bicyclic) bond motifs is 1. The van der Waals surface area contributed by atoms with Gasteiger partial charge in [0.15, 0.2) is 0 Å². The van der Waals surface area contributed by atoms with Crippen molar-refractivity contribution >= 4 is 11.6 Å². The first kappa shape index (κ1) is 18.0. The Labute approximate surface area is 164 Å². The van der Waals surface area contributed by atoms with E-state index in [4.69, 9.17) is 0 Å². The van der Waals surface area contributed by atoms with Crippen molar-refractivity contribution in [1.29, 1.82) is 0 Å².